The van der Waals surface area contributed by atoms with E-state index in [9.17, 15) is 14.0 Å². The molecule has 0 amide bonds. The van der Waals surface area contributed by atoms with Gasteiger partial charge in [-0.2, -0.15) is 0 Å². The Kier molecular flexibility index (Phi) is 3.02. The lowest BCUT2D eigenvalue weighted by molar-refractivity contribution is 0.0698. The predicted molar refractivity (Wildman–Crippen MR) is 74.8 cm³/mol. The van der Waals surface area contributed by atoms with E-state index >= 15 is 0 Å². The highest BCUT2D eigenvalue weighted by molar-refractivity contribution is 6.01. The third kappa shape index (κ3) is 2.29. The molecule has 0 unspecified atom stereocenters. The van der Waals surface area contributed by atoms with Gasteiger partial charge in [-0.3, -0.25) is 4.79 Å². The highest BCUT2D eigenvalue weighted by Crippen LogP contribution is 2.24. The fourth-order valence-corrected chi connectivity index (χ4v) is 2.10. The van der Waals surface area contributed by atoms with Gasteiger partial charge in [0.1, 0.15) is 17.1 Å². The fourth-order valence-electron chi connectivity index (χ4n) is 2.10. The van der Waals surface area contributed by atoms with Crippen molar-refractivity contribution in [1.29, 1.82) is 0 Å². The van der Waals surface area contributed by atoms with E-state index in [1.807, 2.05) is 0 Å². The van der Waals surface area contributed by atoms with Gasteiger partial charge >= 0.3 is 5.97 Å². The molecule has 0 aliphatic carbocycles. The number of para-hydroxylation sites is 1. The zero-order valence-corrected chi connectivity index (χ0v) is 10.7. The molecule has 0 aliphatic rings. The lowest BCUT2D eigenvalue weighted by atomic mass is 10.1. The van der Waals surface area contributed by atoms with Gasteiger partial charge in [-0.25, -0.2) is 9.18 Å². The van der Waals surface area contributed by atoms with Crippen LogP contribution in [-0.2, 0) is 0 Å². The van der Waals surface area contributed by atoms with Crippen LogP contribution in [0.2, 0.25) is 0 Å². The zero-order valence-electron chi connectivity index (χ0n) is 10.7. The molecule has 0 saturated heterocycles. The smallest absolute Gasteiger partial charge is 0.339 e. The summed E-state index contributed by atoms with van der Waals surface area (Å²) < 4.78 is 18.5. The molecule has 4 nitrogen and oxygen atoms in total. The molecule has 0 atom stereocenters. The van der Waals surface area contributed by atoms with Gasteiger partial charge in [0.15, 0.2) is 11.0 Å². The maximum absolute atomic E-state index is 12.9. The van der Waals surface area contributed by atoms with Crippen LogP contribution in [0.15, 0.2) is 57.7 Å². The first-order chi connectivity index (χ1) is 10.1. The number of hydrogen-bond donors (Lipinski definition) is 1. The van der Waals surface area contributed by atoms with E-state index in [-0.39, 0.29) is 27.7 Å². The number of aromatic carboxylic acids is 1. The Hall–Kier alpha value is -2.95. The van der Waals surface area contributed by atoms with Gasteiger partial charge in [-0.05, 0) is 36.4 Å². The molecule has 1 N–H and O–H groups in total. The van der Waals surface area contributed by atoms with Crippen molar-refractivity contribution in [2.45, 2.75) is 0 Å². The Morgan fingerprint density at radius 1 is 1.10 bits per heavy atom. The first kappa shape index (κ1) is 13.1. The lowest BCUT2D eigenvalue weighted by Crippen LogP contribution is -2.05. The molecule has 0 bridgehead atoms. The van der Waals surface area contributed by atoms with Crippen LogP contribution in [-0.4, -0.2) is 11.1 Å². The van der Waals surface area contributed by atoms with Crippen molar-refractivity contribution in [2.75, 3.05) is 0 Å². The van der Waals surface area contributed by atoms with Gasteiger partial charge in [0.2, 0.25) is 0 Å². The number of halogens is 1. The van der Waals surface area contributed by atoms with E-state index in [2.05, 4.69) is 0 Å². The second-order valence-corrected chi connectivity index (χ2v) is 4.47. The van der Waals surface area contributed by atoms with E-state index in [1.54, 1.807) is 0 Å². The molecule has 3 aromatic rings. The maximum Gasteiger partial charge on any atom is 0.339 e. The minimum atomic E-state index is -1.18. The molecule has 0 saturated carbocycles. The Morgan fingerprint density at radius 3 is 2.48 bits per heavy atom. The van der Waals surface area contributed by atoms with Crippen LogP contribution in [0.5, 0.6) is 0 Å². The number of fused-ring (bicyclic) bond motifs is 1. The fraction of sp³-hybridized carbons (Fsp3) is 0. The van der Waals surface area contributed by atoms with Crippen LogP contribution < -0.4 is 5.43 Å². The van der Waals surface area contributed by atoms with Crippen molar-refractivity contribution in [3.8, 4) is 11.3 Å². The monoisotopic (exact) mass is 284 g/mol. The van der Waals surface area contributed by atoms with E-state index in [0.29, 0.717) is 5.56 Å². The van der Waals surface area contributed by atoms with Crippen molar-refractivity contribution >= 4 is 16.9 Å². The minimum Gasteiger partial charge on any atom is -0.478 e. The van der Waals surface area contributed by atoms with Crippen LogP contribution in [0, 0.1) is 5.82 Å². The molecule has 104 valence electrons. The van der Waals surface area contributed by atoms with Crippen LogP contribution in [0.1, 0.15) is 10.4 Å². The minimum absolute atomic E-state index is 0.0109. The largest absolute Gasteiger partial charge is 0.478 e. The highest BCUT2D eigenvalue weighted by atomic mass is 19.1. The SMILES string of the molecule is O=C(O)c1cccc2c(=O)cc(-c3ccc(F)cc3)oc12. The summed E-state index contributed by atoms with van der Waals surface area (Å²) >= 11 is 0. The summed E-state index contributed by atoms with van der Waals surface area (Å²) in [6, 6.07) is 11.0. The average molecular weight is 284 g/mol. The van der Waals surface area contributed by atoms with Crippen molar-refractivity contribution in [3.63, 3.8) is 0 Å². The highest BCUT2D eigenvalue weighted by Gasteiger charge is 2.14. The molecule has 3 rings (SSSR count). The molecule has 0 spiro atoms. The Labute approximate surface area is 118 Å². The van der Waals surface area contributed by atoms with Gasteiger partial charge in [-0.1, -0.05) is 6.07 Å². The van der Waals surface area contributed by atoms with Crippen LogP contribution in [0.3, 0.4) is 0 Å². The van der Waals surface area contributed by atoms with Crippen LogP contribution in [0.4, 0.5) is 4.39 Å². The molecule has 5 heteroatoms. The summed E-state index contributed by atoms with van der Waals surface area (Å²) in [6.45, 7) is 0. The predicted octanol–water partition coefficient (Wildman–Crippen LogP) is 3.30. The second-order valence-electron chi connectivity index (χ2n) is 4.47. The number of hydrogen-bond acceptors (Lipinski definition) is 3. The number of carbonyl (C=O) groups is 1. The molecule has 1 heterocycles. The number of rotatable bonds is 2. The Morgan fingerprint density at radius 2 is 1.81 bits per heavy atom. The zero-order chi connectivity index (χ0) is 15.0. The van der Waals surface area contributed by atoms with Gasteiger partial charge < -0.3 is 9.52 Å². The molecule has 0 radical (unpaired) electrons. The van der Waals surface area contributed by atoms with E-state index in [4.69, 9.17) is 9.52 Å². The first-order valence-corrected chi connectivity index (χ1v) is 6.12. The third-order valence-electron chi connectivity index (χ3n) is 3.11. The molecule has 0 aliphatic heterocycles. The van der Waals surface area contributed by atoms with Gasteiger partial charge in [0.25, 0.3) is 0 Å². The van der Waals surface area contributed by atoms with Crippen molar-refractivity contribution in [2.24, 2.45) is 0 Å². The molecule has 1 aromatic heterocycles. The van der Waals surface area contributed by atoms with Gasteiger partial charge in [-0.15, -0.1) is 0 Å². The summed E-state index contributed by atoms with van der Waals surface area (Å²) in [5, 5.41) is 9.36. The van der Waals surface area contributed by atoms with E-state index in [1.165, 1.54) is 48.5 Å². The Balaban J connectivity index is 2.31. The molecule has 0 fully saturated rings. The van der Waals surface area contributed by atoms with E-state index in [0.717, 1.165) is 0 Å². The van der Waals surface area contributed by atoms with Gasteiger partial charge in [0, 0.05) is 11.6 Å². The van der Waals surface area contributed by atoms with Crippen LogP contribution >= 0.6 is 0 Å². The van der Waals surface area contributed by atoms with E-state index < -0.39 is 11.8 Å². The summed E-state index contributed by atoms with van der Waals surface area (Å²) in [7, 11) is 0. The third-order valence-corrected chi connectivity index (χ3v) is 3.11. The number of benzene rings is 2. The summed E-state index contributed by atoms with van der Waals surface area (Å²) in [5.41, 5.74) is 0.0691. The standard InChI is InChI=1S/C16H9FO4/c17-10-6-4-9(5-7-10)14-8-13(18)11-2-1-3-12(16(19)20)15(11)21-14/h1-8H,(H,19,20). The summed E-state index contributed by atoms with van der Waals surface area (Å²) in [4.78, 5) is 23.3. The van der Waals surface area contributed by atoms with Crippen LogP contribution in [0.25, 0.3) is 22.3 Å². The number of carboxylic acids is 1. The molecular weight excluding hydrogens is 275 g/mol. The second kappa shape index (κ2) is 4.86. The lowest BCUT2D eigenvalue weighted by Gasteiger charge is -2.05. The van der Waals surface area contributed by atoms with Crippen molar-refractivity contribution in [1.82, 2.24) is 0 Å². The summed E-state index contributed by atoms with van der Waals surface area (Å²) in [6.07, 6.45) is 0. The molecule has 21 heavy (non-hydrogen) atoms. The topological polar surface area (TPSA) is 67.5 Å². The molecule has 2 aromatic carbocycles. The Bertz CT molecular complexity index is 894. The average Bonchev–Trinajstić information content (AvgIpc) is 2.47. The van der Waals surface area contributed by atoms with Crippen molar-refractivity contribution < 1.29 is 18.7 Å². The number of carboxylic acid groups (broad SMARTS) is 1. The summed E-state index contributed by atoms with van der Waals surface area (Å²) in [5.74, 6) is -1.39. The van der Waals surface area contributed by atoms with Crippen molar-refractivity contribution in [3.05, 3.63) is 70.1 Å². The van der Waals surface area contributed by atoms with Gasteiger partial charge in [0.05, 0.1) is 5.39 Å². The first-order valence-electron chi connectivity index (χ1n) is 6.12. The maximum atomic E-state index is 12.9. The normalized spacial score (nSPS) is 10.7. The molecular formula is C16H9FO4. The quantitative estimate of drug-likeness (QED) is 0.784.